The van der Waals surface area contributed by atoms with E-state index in [2.05, 4.69) is 13.8 Å². The minimum Gasteiger partial charge on any atom is -0.294 e. The molecule has 0 aromatic heterocycles. The third kappa shape index (κ3) is 1.57. The van der Waals surface area contributed by atoms with Crippen molar-refractivity contribution in [1.29, 1.82) is 0 Å². The number of Topliss-reactive ketones (excluding diaryl/α,β-unsaturated/α-hetero) is 1. The quantitative estimate of drug-likeness (QED) is 0.682. The van der Waals surface area contributed by atoms with Crippen LogP contribution in [0.1, 0.15) is 50.2 Å². The molecule has 2 aliphatic carbocycles. The van der Waals surface area contributed by atoms with Gasteiger partial charge in [-0.3, -0.25) is 4.79 Å². The molecule has 19 heavy (non-hydrogen) atoms. The van der Waals surface area contributed by atoms with Gasteiger partial charge >= 0.3 is 0 Å². The first-order valence-electron chi connectivity index (χ1n) is 8.87. The minimum atomic E-state index is -0.445. The van der Waals surface area contributed by atoms with E-state index < -0.39 is 5.41 Å². The third-order valence-electron chi connectivity index (χ3n) is 5.41. The molecular weight excluding hydrogens is 232 g/mol. The lowest BCUT2D eigenvalue weighted by molar-refractivity contribution is -0.125. The van der Waals surface area contributed by atoms with E-state index in [4.69, 9.17) is 5.48 Å². The van der Waals surface area contributed by atoms with E-state index in [0.717, 1.165) is 12.8 Å². The zero-order valence-corrected chi connectivity index (χ0v) is 12.0. The second kappa shape index (κ2) is 3.82. The first-order chi connectivity index (χ1) is 10.5. The monoisotopic (exact) mass is 258 g/mol. The van der Waals surface area contributed by atoms with Crippen molar-refractivity contribution in [3.63, 3.8) is 0 Å². The van der Waals surface area contributed by atoms with Gasteiger partial charge in [0.25, 0.3) is 0 Å². The number of fused-ring (bicyclic) bond motifs is 2. The number of hydrogen-bond acceptors (Lipinski definition) is 1. The summed E-state index contributed by atoms with van der Waals surface area (Å²) >= 11 is 0. The van der Waals surface area contributed by atoms with Crippen LogP contribution in [0.25, 0.3) is 6.05 Å². The van der Waals surface area contributed by atoms with Gasteiger partial charge in [0.05, 0.1) is 5.48 Å². The van der Waals surface area contributed by atoms with Crippen molar-refractivity contribution in [3.8, 4) is 0 Å². The fraction of sp³-hybridized carbons (Fsp3) is 0.500. The molecule has 2 fully saturated rings. The van der Waals surface area contributed by atoms with Gasteiger partial charge in [-0.05, 0) is 48.3 Å². The Morgan fingerprint density at radius 3 is 2.74 bits per heavy atom. The van der Waals surface area contributed by atoms with E-state index in [-0.39, 0.29) is 46.9 Å². The van der Waals surface area contributed by atoms with Crippen molar-refractivity contribution >= 4 is 11.8 Å². The van der Waals surface area contributed by atoms with Crippen LogP contribution in [0, 0.1) is 23.7 Å². The van der Waals surface area contributed by atoms with Gasteiger partial charge in [-0.25, -0.2) is 0 Å². The Bertz CT molecular complexity index is 763. The highest BCUT2D eigenvalue weighted by Crippen LogP contribution is 2.65. The zero-order valence-electron chi connectivity index (χ0n) is 16.0. The van der Waals surface area contributed by atoms with Gasteiger partial charge in [-0.1, -0.05) is 50.5 Å². The van der Waals surface area contributed by atoms with Crippen LogP contribution in [0.4, 0.5) is 0 Å². The summed E-state index contributed by atoms with van der Waals surface area (Å²) in [6.45, 7) is 7.80. The molecule has 0 spiro atoms. The largest absolute Gasteiger partial charge is 0.294 e. The van der Waals surface area contributed by atoms with Crippen molar-refractivity contribution < 1.29 is 10.3 Å². The molecule has 1 heteroatoms. The number of benzene rings is 1. The molecule has 0 radical (unpaired) electrons. The predicted molar refractivity (Wildman–Crippen MR) is 78.8 cm³/mol. The van der Waals surface area contributed by atoms with Gasteiger partial charge < -0.3 is 0 Å². The van der Waals surface area contributed by atoms with Gasteiger partial charge in [-0.2, -0.15) is 0 Å². The van der Waals surface area contributed by atoms with Gasteiger partial charge in [0.1, 0.15) is 0 Å². The molecule has 2 aliphatic rings. The molecular formula is C18H22O. The zero-order chi connectivity index (χ0) is 17.3. The first kappa shape index (κ1) is 8.73. The van der Waals surface area contributed by atoms with E-state index in [1.54, 1.807) is 6.92 Å². The van der Waals surface area contributed by atoms with Gasteiger partial charge in [0, 0.05) is 5.41 Å². The van der Waals surface area contributed by atoms with Crippen molar-refractivity contribution in [1.82, 2.24) is 0 Å². The summed E-state index contributed by atoms with van der Waals surface area (Å²) < 4.78 is 32.6. The second-order valence-corrected chi connectivity index (χ2v) is 6.59. The van der Waals surface area contributed by atoms with E-state index in [1.807, 2.05) is 6.92 Å². The minimum absolute atomic E-state index is 0.0155. The Hall–Kier alpha value is -1.37. The van der Waals surface area contributed by atoms with Gasteiger partial charge in [0.2, 0.25) is 0 Å². The number of carbonyl (C=O) groups is 1. The van der Waals surface area contributed by atoms with E-state index in [1.165, 1.54) is 6.07 Å². The highest BCUT2D eigenvalue weighted by atomic mass is 16.1. The van der Waals surface area contributed by atoms with Crippen LogP contribution in [0.2, 0.25) is 0 Å². The van der Waals surface area contributed by atoms with Gasteiger partial charge in [-0.15, -0.1) is 0 Å². The normalized spacial score (nSPS) is 37.7. The number of ketones is 1. The maximum atomic E-state index is 12.9. The number of rotatable bonds is 1. The molecule has 1 aromatic carbocycles. The average Bonchev–Trinajstić information content (AvgIpc) is 2.80. The van der Waals surface area contributed by atoms with Crippen LogP contribution < -0.4 is 0 Å². The van der Waals surface area contributed by atoms with Crippen LogP contribution >= 0.6 is 0 Å². The lowest BCUT2D eigenvalue weighted by Gasteiger charge is -2.31. The number of hydrogen-bond donors (Lipinski definition) is 0. The van der Waals surface area contributed by atoms with Crippen molar-refractivity contribution in [3.05, 3.63) is 40.9 Å². The Kier molecular flexibility index (Phi) is 1.75. The van der Waals surface area contributed by atoms with Crippen molar-refractivity contribution in [2.24, 2.45) is 16.7 Å². The smallest absolute Gasteiger partial charge is 0.165 e. The lowest BCUT2D eigenvalue weighted by Crippen LogP contribution is -2.32. The van der Waals surface area contributed by atoms with Crippen LogP contribution in [-0.2, 0) is 4.79 Å². The molecule has 0 heterocycles. The molecule has 2 atom stereocenters. The molecule has 0 aliphatic heterocycles. The van der Waals surface area contributed by atoms with E-state index >= 15 is 0 Å². The molecule has 100 valence electrons. The summed E-state index contributed by atoms with van der Waals surface area (Å²) in [5.74, 6) is 0.0401. The predicted octanol–water partition coefficient (Wildman–Crippen LogP) is 4.40. The standard InChI is InChI=1S/C18H22O/c1-12-5-7-13(8-6-12)11-14-15-9-10-18(4,16(14)19)17(15,2)3/h5-8,11,15H,9-10H2,1-4H3/i5D,6D,7D,11D. The van der Waals surface area contributed by atoms with Crippen LogP contribution in [0.5, 0.6) is 0 Å². The molecule has 2 unspecified atom stereocenters. The Morgan fingerprint density at radius 1 is 1.37 bits per heavy atom. The summed E-state index contributed by atoms with van der Waals surface area (Å²) in [6.07, 6.45) is 1.73. The molecule has 2 saturated carbocycles. The Labute approximate surface area is 121 Å². The molecule has 2 bridgehead atoms. The Balaban J connectivity index is 2.24. The van der Waals surface area contributed by atoms with Gasteiger partial charge in [0.15, 0.2) is 5.78 Å². The lowest BCUT2D eigenvalue weighted by atomic mass is 9.70. The first-order valence-corrected chi connectivity index (χ1v) is 6.87. The number of allylic oxidation sites excluding steroid dienone is 1. The summed E-state index contributed by atoms with van der Waals surface area (Å²) in [5, 5.41) is 0. The average molecular weight is 258 g/mol. The molecule has 0 amide bonds. The topological polar surface area (TPSA) is 17.1 Å². The summed E-state index contributed by atoms with van der Waals surface area (Å²) in [6, 6.07) is 1.56. The second-order valence-electron chi connectivity index (χ2n) is 6.59. The molecule has 1 aromatic rings. The molecule has 1 nitrogen and oxygen atoms in total. The maximum absolute atomic E-state index is 12.9. The van der Waals surface area contributed by atoms with Crippen LogP contribution in [0.15, 0.2) is 29.8 Å². The maximum Gasteiger partial charge on any atom is 0.165 e. The SMILES string of the molecule is [2H]C(=C1C(=O)C2(C)CCC1C2(C)C)c1cc([2H])c(C)c([2H])c1[2H]. The number of carbonyl (C=O) groups excluding carboxylic acids is 1. The van der Waals surface area contributed by atoms with Crippen molar-refractivity contribution in [2.75, 3.05) is 0 Å². The molecule has 3 rings (SSSR count). The highest BCUT2D eigenvalue weighted by Gasteiger charge is 2.63. The highest BCUT2D eigenvalue weighted by molar-refractivity contribution is 6.07. The van der Waals surface area contributed by atoms with Crippen LogP contribution in [-0.4, -0.2) is 5.78 Å². The van der Waals surface area contributed by atoms with E-state index in [0.29, 0.717) is 11.1 Å². The molecule has 0 saturated heterocycles. The van der Waals surface area contributed by atoms with E-state index in [9.17, 15) is 4.79 Å². The fourth-order valence-electron chi connectivity index (χ4n) is 3.64. The summed E-state index contributed by atoms with van der Waals surface area (Å²) in [5.41, 5.74) is 0.537. The Morgan fingerprint density at radius 2 is 2.11 bits per heavy atom. The third-order valence-corrected chi connectivity index (χ3v) is 5.41. The molecule has 0 N–H and O–H groups in total. The van der Waals surface area contributed by atoms with Crippen LogP contribution in [0.3, 0.4) is 0 Å². The fourth-order valence-corrected chi connectivity index (χ4v) is 3.64. The summed E-state index contributed by atoms with van der Waals surface area (Å²) in [7, 11) is 0. The summed E-state index contributed by atoms with van der Waals surface area (Å²) in [4.78, 5) is 12.9. The van der Waals surface area contributed by atoms with Crippen molar-refractivity contribution in [2.45, 2.75) is 40.5 Å².